The van der Waals surface area contributed by atoms with Crippen molar-refractivity contribution in [1.29, 1.82) is 0 Å². The number of fused-ring (bicyclic) bond motifs is 1. The van der Waals surface area contributed by atoms with Crippen LogP contribution in [0.15, 0.2) is 68.8 Å². The lowest BCUT2D eigenvalue weighted by Gasteiger charge is -2.25. The quantitative estimate of drug-likeness (QED) is 0.561. The van der Waals surface area contributed by atoms with Crippen LogP contribution in [-0.2, 0) is 0 Å². The third-order valence-corrected chi connectivity index (χ3v) is 5.52. The van der Waals surface area contributed by atoms with Crippen LogP contribution in [-0.4, -0.2) is 12.5 Å². The highest BCUT2D eigenvalue weighted by Gasteiger charge is 2.33. The summed E-state index contributed by atoms with van der Waals surface area (Å²) in [7, 11) is 0. The third kappa shape index (κ3) is 2.90. The molecule has 5 nitrogen and oxygen atoms in total. The molecule has 0 saturated heterocycles. The van der Waals surface area contributed by atoms with Gasteiger partial charge in [-0.1, -0.05) is 28.1 Å². The van der Waals surface area contributed by atoms with Gasteiger partial charge >= 0.3 is 0 Å². The minimum atomic E-state index is 0.0239. The smallest absolute Gasteiger partial charge is 0.231 e. The van der Waals surface area contributed by atoms with E-state index in [4.69, 9.17) is 19.0 Å². The predicted molar refractivity (Wildman–Crippen MR) is 107 cm³/mol. The van der Waals surface area contributed by atoms with Gasteiger partial charge in [-0.2, -0.15) is 5.10 Å². The van der Waals surface area contributed by atoms with Crippen molar-refractivity contribution in [2.75, 3.05) is 11.8 Å². The molecule has 3 heterocycles. The van der Waals surface area contributed by atoms with E-state index >= 15 is 0 Å². The normalized spacial score (nSPS) is 18.1. The molecule has 0 aliphatic carbocycles. The van der Waals surface area contributed by atoms with E-state index in [0.29, 0.717) is 0 Å². The Morgan fingerprint density at radius 2 is 1.93 bits per heavy atom. The van der Waals surface area contributed by atoms with Gasteiger partial charge in [-0.25, -0.2) is 0 Å². The average Bonchev–Trinajstić information content (AvgIpc) is 3.40. The first-order valence-electron chi connectivity index (χ1n) is 8.75. The molecular formula is C21H17BrN2O3. The van der Waals surface area contributed by atoms with Crippen molar-refractivity contribution in [2.24, 2.45) is 5.10 Å². The van der Waals surface area contributed by atoms with Crippen LogP contribution in [0.2, 0.25) is 0 Å². The Morgan fingerprint density at radius 1 is 1.07 bits per heavy atom. The van der Waals surface area contributed by atoms with Crippen LogP contribution in [0.4, 0.5) is 5.69 Å². The van der Waals surface area contributed by atoms with E-state index in [2.05, 4.69) is 52.1 Å². The summed E-state index contributed by atoms with van der Waals surface area (Å²) >= 11 is 3.71. The molecule has 0 fully saturated rings. The Labute approximate surface area is 165 Å². The van der Waals surface area contributed by atoms with Crippen LogP contribution >= 0.6 is 15.9 Å². The van der Waals surface area contributed by atoms with Crippen molar-refractivity contribution < 1.29 is 13.9 Å². The van der Waals surface area contributed by atoms with Gasteiger partial charge in [-0.3, -0.25) is 5.01 Å². The molecule has 1 aromatic heterocycles. The molecule has 0 bridgehead atoms. The highest BCUT2D eigenvalue weighted by atomic mass is 79.9. The lowest BCUT2D eigenvalue weighted by atomic mass is 10.00. The Kier molecular flexibility index (Phi) is 3.93. The standard InChI is InChI=1S/C21H17BrN2O3/c1-13-4-2-5-14(8-13)24-18(11-17(23-24)19-6-3-7-25-19)15-9-20-21(10-16(15)22)27-12-26-20/h2-10,18H,11-12H2,1H3/t18-/m1/s1. The average molecular weight is 425 g/mol. The van der Waals surface area contributed by atoms with Crippen molar-refractivity contribution in [2.45, 2.75) is 19.4 Å². The molecule has 0 saturated carbocycles. The van der Waals surface area contributed by atoms with Crippen LogP contribution < -0.4 is 14.5 Å². The zero-order valence-electron chi connectivity index (χ0n) is 14.7. The molecular weight excluding hydrogens is 408 g/mol. The van der Waals surface area contributed by atoms with E-state index in [1.807, 2.05) is 24.3 Å². The van der Waals surface area contributed by atoms with Gasteiger partial charge in [0.1, 0.15) is 11.5 Å². The van der Waals surface area contributed by atoms with Crippen LogP contribution in [0.5, 0.6) is 11.5 Å². The fraction of sp³-hybridized carbons (Fsp3) is 0.190. The molecule has 6 heteroatoms. The molecule has 2 aliphatic heterocycles. The van der Waals surface area contributed by atoms with E-state index < -0.39 is 0 Å². The van der Waals surface area contributed by atoms with Crippen molar-refractivity contribution >= 4 is 27.3 Å². The number of anilines is 1. The number of aryl methyl sites for hydroxylation is 1. The van der Waals surface area contributed by atoms with Crippen LogP contribution in [0, 0.1) is 6.92 Å². The largest absolute Gasteiger partial charge is 0.463 e. The molecule has 5 rings (SSSR count). The first kappa shape index (κ1) is 16.4. The summed E-state index contributed by atoms with van der Waals surface area (Å²) in [5, 5.41) is 6.96. The summed E-state index contributed by atoms with van der Waals surface area (Å²) in [6.07, 6.45) is 2.42. The molecule has 0 amide bonds. The number of hydrogen-bond acceptors (Lipinski definition) is 5. The lowest BCUT2D eigenvalue weighted by Crippen LogP contribution is -2.19. The van der Waals surface area contributed by atoms with Gasteiger partial charge in [-0.05, 0) is 54.4 Å². The highest BCUT2D eigenvalue weighted by molar-refractivity contribution is 9.10. The highest BCUT2D eigenvalue weighted by Crippen LogP contribution is 2.44. The van der Waals surface area contributed by atoms with Crippen LogP contribution in [0.3, 0.4) is 0 Å². The second-order valence-corrected chi connectivity index (χ2v) is 7.51. The second kappa shape index (κ2) is 6.46. The van der Waals surface area contributed by atoms with E-state index in [1.165, 1.54) is 5.56 Å². The maximum atomic E-state index is 5.60. The van der Waals surface area contributed by atoms with Gasteiger partial charge in [0, 0.05) is 10.9 Å². The Hall–Kier alpha value is -2.73. The van der Waals surface area contributed by atoms with Gasteiger partial charge in [0.05, 0.1) is 18.0 Å². The maximum Gasteiger partial charge on any atom is 0.231 e. The number of hydrogen-bond donors (Lipinski definition) is 0. The van der Waals surface area contributed by atoms with Crippen molar-refractivity contribution in [1.82, 2.24) is 0 Å². The summed E-state index contributed by atoms with van der Waals surface area (Å²) < 4.78 is 17.7. The summed E-state index contributed by atoms with van der Waals surface area (Å²) in [5.74, 6) is 2.33. The van der Waals surface area contributed by atoms with Crippen molar-refractivity contribution in [3.05, 3.63) is 76.2 Å². The van der Waals surface area contributed by atoms with Crippen LogP contribution in [0.25, 0.3) is 0 Å². The molecule has 0 unspecified atom stereocenters. The number of halogens is 1. The Bertz CT molecular complexity index is 1030. The molecule has 0 N–H and O–H groups in total. The molecule has 136 valence electrons. The second-order valence-electron chi connectivity index (χ2n) is 6.65. The lowest BCUT2D eigenvalue weighted by molar-refractivity contribution is 0.174. The number of nitrogens with zero attached hydrogens (tertiary/aromatic N) is 2. The van der Waals surface area contributed by atoms with Crippen molar-refractivity contribution in [3.8, 4) is 11.5 Å². The van der Waals surface area contributed by atoms with Crippen molar-refractivity contribution in [3.63, 3.8) is 0 Å². The fourth-order valence-corrected chi connectivity index (χ4v) is 4.13. The van der Waals surface area contributed by atoms with Gasteiger partial charge in [0.25, 0.3) is 0 Å². The molecule has 3 aromatic rings. The maximum absolute atomic E-state index is 5.60. The number of benzene rings is 2. The fourth-order valence-electron chi connectivity index (χ4n) is 3.54. The molecule has 0 radical (unpaired) electrons. The Morgan fingerprint density at radius 3 is 2.70 bits per heavy atom. The van der Waals surface area contributed by atoms with Gasteiger partial charge in [0.15, 0.2) is 11.5 Å². The summed E-state index contributed by atoms with van der Waals surface area (Å²) in [6, 6.07) is 16.2. The molecule has 0 spiro atoms. The van der Waals surface area contributed by atoms with Gasteiger partial charge in [0.2, 0.25) is 6.79 Å². The van der Waals surface area contributed by atoms with Gasteiger partial charge < -0.3 is 13.9 Å². The molecule has 1 atom stereocenters. The Balaban J connectivity index is 1.60. The van der Waals surface area contributed by atoms with E-state index in [0.717, 1.165) is 45.1 Å². The first-order chi connectivity index (χ1) is 13.2. The number of hydrazone groups is 1. The van der Waals surface area contributed by atoms with E-state index in [1.54, 1.807) is 6.26 Å². The number of rotatable bonds is 3. The molecule has 27 heavy (non-hydrogen) atoms. The zero-order valence-corrected chi connectivity index (χ0v) is 16.3. The van der Waals surface area contributed by atoms with Gasteiger partial charge in [-0.15, -0.1) is 0 Å². The summed E-state index contributed by atoms with van der Waals surface area (Å²) in [4.78, 5) is 0. The molecule has 2 aromatic carbocycles. The van der Waals surface area contributed by atoms with Crippen LogP contribution in [0.1, 0.15) is 29.3 Å². The number of ether oxygens (including phenoxy) is 2. The topological polar surface area (TPSA) is 47.2 Å². The minimum absolute atomic E-state index is 0.0239. The zero-order chi connectivity index (χ0) is 18.4. The molecule has 2 aliphatic rings. The number of furan rings is 1. The third-order valence-electron chi connectivity index (χ3n) is 4.83. The van der Waals surface area contributed by atoms with E-state index in [9.17, 15) is 0 Å². The summed E-state index contributed by atoms with van der Waals surface area (Å²) in [6.45, 7) is 2.34. The predicted octanol–water partition coefficient (Wildman–Crippen LogP) is 5.43. The minimum Gasteiger partial charge on any atom is -0.463 e. The summed E-state index contributed by atoms with van der Waals surface area (Å²) in [5.41, 5.74) is 4.27. The first-order valence-corrected chi connectivity index (χ1v) is 9.54. The van der Waals surface area contributed by atoms with E-state index in [-0.39, 0.29) is 12.8 Å². The SMILES string of the molecule is Cc1cccc(N2N=C(c3ccco3)C[C@@H]2c2cc3c(cc2Br)OCO3)c1. The monoisotopic (exact) mass is 424 g/mol.